The quantitative estimate of drug-likeness (QED) is 0.823. The van der Waals surface area contributed by atoms with E-state index in [1.54, 1.807) is 0 Å². The molecule has 2 atom stereocenters. The van der Waals surface area contributed by atoms with Crippen molar-refractivity contribution in [2.75, 3.05) is 13.1 Å². The Morgan fingerprint density at radius 2 is 1.89 bits per heavy atom. The van der Waals surface area contributed by atoms with Crippen LogP contribution in [0.5, 0.6) is 0 Å². The molecule has 0 bridgehead atoms. The second-order valence-electron chi connectivity index (χ2n) is 6.67. The molecule has 1 aliphatic heterocycles. The average Bonchev–Trinajstić information content (AvgIpc) is 2.40. The minimum atomic E-state index is 0.493. The average molecular weight is 252 g/mol. The molecule has 0 aromatic rings. The van der Waals surface area contributed by atoms with E-state index in [0.29, 0.717) is 5.54 Å². The Morgan fingerprint density at radius 1 is 1.17 bits per heavy atom. The number of piperazine rings is 1. The van der Waals surface area contributed by atoms with Crippen LogP contribution in [-0.4, -0.2) is 35.6 Å². The standard InChI is InChI=1S/C16H32N2/c1-4-9-14-13-18(15(5-2)12-17-14)16(3)10-7-6-8-11-16/h14-15,17H,4-13H2,1-3H3. The normalized spacial score (nSPS) is 33.5. The molecular formula is C16H32N2. The molecule has 1 saturated carbocycles. The van der Waals surface area contributed by atoms with Crippen LogP contribution in [0.1, 0.15) is 72.1 Å². The minimum Gasteiger partial charge on any atom is -0.311 e. The van der Waals surface area contributed by atoms with Crippen LogP contribution in [0.15, 0.2) is 0 Å². The molecule has 1 saturated heterocycles. The first-order valence-corrected chi connectivity index (χ1v) is 8.19. The van der Waals surface area contributed by atoms with Gasteiger partial charge in [-0.25, -0.2) is 0 Å². The molecule has 2 fully saturated rings. The van der Waals surface area contributed by atoms with E-state index in [2.05, 4.69) is 31.0 Å². The van der Waals surface area contributed by atoms with Crippen molar-refractivity contribution < 1.29 is 0 Å². The predicted octanol–water partition coefficient (Wildman–Crippen LogP) is 3.56. The van der Waals surface area contributed by atoms with Crippen LogP contribution >= 0.6 is 0 Å². The van der Waals surface area contributed by atoms with Gasteiger partial charge in [0.1, 0.15) is 0 Å². The maximum absolute atomic E-state index is 3.77. The third-order valence-corrected chi connectivity index (χ3v) is 5.23. The predicted molar refractivity (Wildman–Crippen MR) is 79.0 cm³/mol. The largest absolute Gasteiger partial charge is 0.311 e. The van der Waals surface area contributed by atoms with Crippen LogP contribution < -0.4 is 5.32 Å². The summed E-state index contributed by atoms with van der Waals surface area (Å²) in [6.07, 6.45) is 11.1. The Kier molecular flexibility index (Phi) is 5.08. The Balaban J connectivity index is 2.04. The van der Waals surface area contributed by atoms with Crippen molar-refractivity contribution in [3.8, 4) is 0 Å². The number of hydrogen-bond acceptors (Lipinski definition) is 2. The maximum Gasteiger partial charge on any atom is 0.0224 e. The molecule has 2 unspecified atom stereocenters. The number of nitrogens with one attached hydrogen (secondary N) is 1. The number of hydrogen-bond donors (Lipinski definition) is 1. The van der Waals surface area contributed by atoms with E-state index >= 15 is 0 Å². The van der Waals surface area contributed by atoms with Gasteiger partial charge in [0.15, 0.2) is 0 Å². The van der Waals surface area contributed by atoms with Gasteiger partial charge in [0.05, 0.1) is 0 Å². The van der Waals surface area contributed by atoms with Crippen LogP contribution in [0.4, 0.5) is 0 Å². The molecule has 0 radical (unpaired) electrons. The van der Waals surface area contributed by atoms with Gasteiger partial charge in [-0.15, -0.1) is 0 Å². The lowest BCUT2D eigenvalue weighted by molar-refractivity contribution is -0.00569. The zero-order chi connectivity index (χ0) is 13.0. The van der Waals surface area contributed by atoms with Crippen molar-refractivity contribution in [2.24, 2.45) is 0 Å². The van der Waals surface area contributed by atoms with E-state index in [9.17, 15) is 0 Å². The molecule has 1 aliphatic carbocycles. The van der Waals surface area contributed by atoms with E-state index in [1.807, 2.05) is 0 Å². The van der Waals surface area contributed by atoms with Crippen molar-refractivity contribution in [3.63, 3.8) is 0 Å². The zero-order valence-electron chi connectivity index (χ0n) is 12.7. The van der Waals surface area contributed by atoms with Gasteiger partial charge in [0.25, 0.3) is 0 Å². The molecule has 0 amide bonds. The molecule has 106 valence electrons. The van der Waals surface area contributed by atoms with E-state index in [4.69, 9.17) is 0 Å². The van der Waals surface area contributed by atoms with Crippen LogP contribution in [-0.2, 0) is 0 Å². The summed E-state index contributed by atoms with van der Waals surface area (Å²) in [7, 11) is 0. The van der Waals surface area contributed by atoms with Gasteiger partial charge in [-0.3, -0.25) is 4.90 Å². The van der Waals surface area contributed by atoms with Crippen LogP contribution in [0.25, 0.3) is 0 Å². The first-order valence-electron chi connectivity index (χ1n) is 8.19. The van der Waals surface area contributed by atoms with Gasteiger partial charge in [-0.1, -0.05) is 39.5 Å². The summed E-state index contributed by atoms with van der Waals surface area (Å²) < 4.78 is 0. The van der Waals surface area contributed by atoms with Crippen molar-refractivity contribution in [1.29, 1.82) is 0 Å². The highest BCUT2D eigenvalue weighted by molar-refractivity contribution is 4.97. The van der Waals surface area contributed by atoms with E-state index < -0.39 is 0 Å². The molecule has 18 heavy (non-hydrogen) atoms. The number of rotatable bonds is 4. The van der Waals surface area contributed by atoms with Gasteiger partial charge >= 0.3 is 0 Å². The Hall–Kier alpha value is -0.0800. The van der Waals surface area contributed by atoms with Gasteiger partial charge in [-0.05, 0) is 32.6 Å². The lowest BCUT2D eigenvalue weighted by Gasteiger charge is -2.52. The van der Waals surface area contributed by atoms with Gasteiger partial charge in [0.2, 0.25) is 0 Å². The van der Waals surface area contributed by atoms with E-state index in [1.165, 1.54) is 64.5 Å². The lowest BCUT2D eigenvalue weighted by atomic mass is 9.80. The highest BCUT2D eigenvalue weighted by atomic mass is 15.3. The molecule has 2 rings (SSSR count). The summed E-state index contributed by atoms with van der Waals surface area (Å²) in [4.78, 5) is 2.88. The first-order chi connectivity index (χ1) is 8.69. The summed E-state index contributed by atoms with van der Waals surface area (Å²) in [5.74, 6) is 0. The maximum atomic E-state index is 3.77. The van der Waals surface area contributed by atoms with Gasteiger partial charge in [0, 0.05) is 30.7 Å². The molecular weight excluding hydrogens is 220 g/mol. The minimum absolute atomic E-state index is 0.493. The van der Waals surface area contributed by atoms with Crippen molar-refractivity contribution >= 4 is 0 Å². The second kappa shape index (κ2) is 6.38. The summed E-state index contributed by atoms with van der Waals surface area (Å²) in [5.41, 5.74) is 0.493. The summed E-state index contributed by atoms with van der Waals surface area (Å²) in [6.45, 7) is 9.68. The van der Waals surface area contributed by atoms with Crippen LogP contribution in [0.3, 0.4) is 0 Å². The smallest absolute Gasteiger partial charge is 0.0224 e. The fourth-order valence-electron chi connectivity index (χ4n) is 4.03. The highest BCUT2D eigenvalue weighted by Crippen LogP contribution is 2.36. The van der Waals surface area contributed by atoms with Crippen molar-refractivity contribution in [3.05, 3.63) is 0 Å². The summed E-state index contributed by atoms with van der Waals surface area (Å²) >= 11 is 0. The fraction of sp³-hybridized carbons (Fsp3) is 1.00. The third-order valence-electron chi connectivity index (χ3n) is 5.23. The fourth-order valence-corrected chi connectivity index (χ4v) is 4.03. The number of nitrogens with zero attached hydrogens (tertiary/aromatic N) is 1. The topological polar surface area (TPSA) is 15.3 Å². The van der Waals surface area contributed by atoms with Crippen molar-refractivity contribution in [2.45, 2.75) is 89.8 Å². The molecule has 0 aromatic carbocycles. The Bertz CT molecular complexity index is 245. The van der Waals surface area contributed by atoms with Gasteiger partial charge in [-0.2, -0.15) is 0 Å². The molecule has 2 heteroatoms. The van der Waals surface area contributed by atoms with Crippen molar-refractivity contribution in [1.82, 2.24) is 10.2 Å². The summed E-state index contributed by atoms with van der Waals surface area (Å²) in [6, 6.07) is 1.50. The SMILES string of the molecule is CCCC1CN(C2(C)CCCCC2)C(CC)CN1. The second-order valence-corrected chi connectivity index (χ2v) is 6.67. The highest BCUT2D eigenvalue weighted by Gasteiger charge is 2.39. The zero-order valence-corrected chi connectivity index (χ0v) is 12.7. The Morgan fingerprint density at radius 3 is 2.50 bits per heavy atom. The molecule has 1 N–H and O–H groups in total. The molecule has 2 nitrogen and oxygen atoms in total. The molecule has 0 spiro atoms. The third kappa shape index (κ3) is 3.08. The first kappa shape index (κ1) is 14.3. The lowest BCUT2D eigenvalue weighted by Crippen LogP contribution is -2.63. The monoisotopic (exact) mass is 252 g/mol. The van der Waals surface area contributed by atoms with E-state index in [-0.39, 0.29) is 0 Å². The van der Waals surface area contributed by atoms with Gasteiger partial charge < -0.3 is 5.32 Å². The molecule has 2 aliphatic rings. The molecule has 0 aromatic heterocycles. The molecule has 1 heterocycles. The van der Waals surface area contributed by atoms with E-state index in [0.717, 1.165) is 12.1 Å². The Labute approximate surface area is 114 Å². The van der Waals surface area contributed by atoms with Crippen LogP contribution in [0.2, 0.25) is 0 Å². The summed E-state index contributed by atoms with van der Waals surface area (Å²) in [5, 5.41) is 3.77. The van der Waals surface area contributed by atoms with Crippen LogP contribution in [0, 0.1) is 0 Å².